The van der Waals surface area contributed by atoms with E-state index in [1.54, 1.807) is 26.0 Å². The first kappa shape index (κ1) is 10.8. The Hall–Kier alpha value is -1.31. The molecule has 1 rings (SSSR count). The van der Waals surface area contributed by atoms with Gasteiger partial charge in [0.25, 0.3) is 0 Å². The maximum Gasteiger partial charge on any atom is 0.203 e. The van der Waals surface area contributed by atoms with Gasteiger partial charge < -0.3 is 14.8 Å². The zero-order valence-electron chi connectivity index (χ0n) is 8.37. The number of hydrogen-bond donors (Lipinski definition) is 2. The van der Waals surface area contributed by atoms with Crippen molar-refractivity contribution in [1.29, 1.82) is 5.26 Å². The van der Waals surface area contributed by atoms with Gasteiger partial charge in [0.15, 0.2) is 0 Å². The molecule has 0 saturated carbocycles. The van der Waals surface area contributed by atoms with Crippen LogP contribution in [0.3, 0.4) is 0 Å². The molecular formula is C10H14N2O2. The molecule has 2 N–H and O–H groups in total. The molecule has 0 spiro atoms. The molecule has 4 nitrogen and oxygen atoms in total. The molecule has 0 aliphatic carbocycles. The van der Waals surface area contributed by atoms with Crippen molar-refractivity contribution in [3.05, 3.63) is 23.7 Å². The van der Waals surface area contributed by atoms with E-state index in [9.17, 15) is 5.11 Å². The quantitative estimate of drug-likeness (QED) is 0.750. The predicted molar refractivity (Wildman–Crippen MR) is 51.4 cm³/mol. The first-order valence-electron chi connectivity index (χ1n) is 4.43. The molecule has 14 heavy (non-hydrogen) atoms. The van der Waals surface area contributed by atoms with E-state index in [1.807, 2.05) is 6.07 Å². The molecule has 1 aromatic rings. The number of nitriles is 1. The minimum atomic E-state index is -0.731. The Morgan fingerprint density at radius 2 is 2.29 bits per heavy atom. The number of nitrogens with zero attached hydrogens (tertiary/aromatic N) is 1. The van der Waals surface area contributed by atoms with Crippen LogP contribution in [0.25, 0.3) is 0 Å². The van der Waals surface area contributed by atoms with Gasteiger partial charge in [-0.1, -0.05) is 0 Å². The van der Waals surface area contributed by atoms with Crippen LogP contribution in [-0.4, -0.2) is 17.3 Å². The molecule has 0 atom stereocenters. The molecule has 0 aromatic carbocycles. The summed E-state index contributed by atoms with van der Waals surface area (Å²) in [6.07, 6.45) is 0. The van der Waals surface area contributed by atoms with E-state index in [2.05, 4.69) is 5.32 Å². The largest absolute Gasteiger partial charge is 0.449 e. The molecule has 0 saturated heterocycles. The van der Waals surface area contributed by atoms with Crippen LogP contribution in [0.2, 0.25) is 0 Å². The molecule has 4 heteroatoms. The Labute approximate surface area is 83.2 Å². The third-order valence-corrected chi connectivity index (χ3v) is 1.63. The van der Waals surface area contributed by atoms with Gasteiger partial charge in [0.05, 0.1) is 12.1 Å². The minimum Gasteiger partial charge on any atom is -0.449 e. The lowest BCUT2D eigenvalue weighted by Crippen LogP contribution is -2.34. The maximum absolute atomic E-state index is 9.40. The van der Waals surface area contributed by atoms with Crippen LogP contribution in [0, 0.1) is 11.3 Å². The van der Waals surface area contributed by atoms with Crippen LogP contribution >= 0.6 is 0 Å². The van der Waals surface area contributed by atoms with E-state index < -0.39 is 5.60 Å². The average molecular weight is 194 g/mol. The van der Waals surface area contributed by atoms with Crippen molar-refractivity contribution in [3.63, 3.8) is 0 Å². The lowest BCUT2D eigenvalue weighted by molar-refractivity contribution is 0.0790. The average Bonchev–Trinajstić information content (AvgIpc) is 2.50. The number of furan rings is 1. The Bertz CT molecular complexity index is 331. The van der Waals surface area contributed by atoms with Gasteiger partial charge in [-0.3, -0.25) is 0 Å². The highest BCUT2D eigenvalue weighted by atomic mass is 16.3. The number of nitrogens with one attached hydrogen (secondary N) is 1. The summed E-state index contributed by atoms with van der Waals surface area (Å²) in [5.41, 5.74) is -0.731. The van der Waals surface area contributed by atoms with Crippen LogP contribution in [0.5, 0.6) is 0 Å². The molecule has 0 fully saturated rings. The predicted octanol–water partition coefficient (Wildman–Crippen LogP) is 1.01. The van der Waals surface area contributed by atoms with Gasteiger partial charge in [-0.15, -0.1) is 0 Å². The van der Waals surface area contributed by atoms with Crippen LogP contribution in [0.15, 0.2) is 16.5 Å². The lowest BCUT2D eigenvalue weighted by atomic mass is 10.1. The second kappa shape index (κ2) is 4.27. The SMILES string of the molecule is CC(C)(O)CNCc1ccc(C#N)o1. The van der Waals surface area contributed by atoms with Gasteiger partial charge in [0.2, 0.25) is 5.76 Å². The second-order valence-electron chi connectivity index (χ2n) is 3.79. The third-order valence-electron chi connectivity index (χ3n) is 1.63. The van der Waals surface area contributed by atoms with Crippen molar-refractivity contribution in [1.82, 2.24) is 5.32 Å². The zero-order chi connectivity index (χ0) is 10.6. The first-order valence-corrected chi connectivity index (χ1v) is 4.43. The zero-order valence-corrected chi connectivity index (χ0v) is 8.37. The maximum atomic E-state index is 9.40. The van der Waals surface area contributed by atoms with E-state index >= 15 is 0 Å². The van der Waals surface area contributed by atoms with E-state index in [0.29, 0.717) is 24.6 Å². The van der Waals surface area contributed by atoms with Gasteiger partial charge in [-0.2, -0.15) is 5.26 Å². The van der Waals surface area contributed by atoms with Gasteiger partial charge in [0, 0.05) is 6.54 Å². The fourth-order valence-electron chi connectivity index (χ4n) is 1.02. The normalized spacial score (nSPS) is 11.3. The smallest absolute Gasteiger partial charge is 0.203 e. The van der Waals surface area contributed by atoms with Crippen LogP contribution in [0.1, 0.15) is 25.4 Å². The number of aliphatic hydroxyl groups is 1. The molecule has 0 unspecified atom stereocenters. The van der Waals surface area contributed by atoms with E-state index in [-0.39, 0.29) is 0 Å². The van der Waals surface area contributed by atoms with Gasteiger partial charge >= 0.3 is 0 Å². The molecule has 1 aromatic heterocycles. The number of hydrogen-bond acceptors (Lipinski definition) is 4. The molecule has 0 aliphatic rings. The summed E-state index contributed by atoms with van der Waals surface area (Å²) in [4.78, 5) is 0. The fraction of sp³-hybridized carbons (Fsp3) is 0.500. The topological polar surface area (TPSA) is 69.2 Å². The van der Waals surface area contributed by atoms with Gasteiger partial charge in [-0.05, 0) is 26.0 Å². The van der Waals surface area contributed by atoms with Gasteiger partial charge in [0.1, 0.15) is 11.8 Å². The molecule has 0 aliphatic heterocycles. The van der Waals surface area contributed by atoms with Crippen LogP contribution < -0.4 is 5.32 Å². The summed E-state index contributed by atoms with van der Waals surface area (Å²) in [5, 5.41) is 20.9. The van der Waals surface area contributed by atoms with E-state index in [4.69, 9.17) is 9.68 Å². The Morgan fingerprint density at radius 3 is 2.79 bits per heavy atom. The van der Waals surface area contributed by atoms with Crippen molar-refractivity contribution in [2.24, 2.45) is 0 Å². The van der Waals surface area contributed by atoms with Crippen LogP contribution in [-0.2, 0) is 6.54 Å². The molecule has 0 bridgehead atoms. The molecule has 76 valence electrons. The van der Waals surface area contributed by atoms with E-state index in [0.717, 1.165) is 0 Å². The monoisotopic (exact) mass is 194 g/mol. The fourth-order valence-corrected chi connectivity index (χ4v) is 1.02. The standard InChI is InChI=1S/C10H14N2O2/c1-10(2,13)7-12-6-9-4-3-8(5-11)14-9/h3-4,12-13H,6-7H2,1-2H3. The Morgan fingerprint density at radius 1 is 1.57 bits per heavy atom. The van der Waals surface area contributed by atoms with Crippen LogP contribution in [0.4, 0.5) is 0 Å². The second-order valence-corrected chi connectivity index (χ2v) is 3.79. The highest BCUT2D eigenvalue weighted by molar-refractivity contribution is 5.18. The Kier molecular flexibility index (Phi) is 3.28. The van der Waals surface area contributed by atoms with Crippen molar-refractivity contribution >= 4 is 0 Å². The van der Waals surface area contributed by atoms with E-state index in [1.165, 1.54) is 0 Å². The summed E-state index contributed by atoms with van der Waals surface area (Å²) in [5.74, 6) is 1.01. The summed E-state index contributed by atoms with van der Waals surface area (Å²) in [7, 11) is 0. The van der Waals surface area contributed by atoms with Gasteiger partial charge in [-0.25, -0.2) is 0 Å². The summed E-state index contributed by atoms with van der Waals surface area (Å²) in [6.45, 7) is 4.45. The molecule has 0 radical (unpaired) electrons. The third kappa shape index (κ3) is 3.60. The molecular weight excluding hydrogens is 180 g/mol. The van der Waals surface area contributed by atoms with Crippen molar-refractivity contribution < 1.29 is 9.52 Å². The molecule has 1 heterocycles. The van der Waals surface area contributed by atoms with Crippen molar-refractivity contribution in [3.8, 4) is 6.07 Å². The summed E-state index contributed by atoms with van der Waals surface area (Å²) < 4.78 is 5.14. The highest BCUT2D eigenvalue weighted by Gasteiger charge is 2.11. The summed E-state index contributed by atoms with van der Waals surface area (Å²) >= 11 is 0. The van der Waals surface area contributed by atoms with Crippen molar-refractivity contribution in [2.45, 2.75) is 26.0 Å². The highest BCUT2D eigenvalue weighted by Crippen LogP contribution is 2.06. The van der Waals surface area contributed by atoms with Crippen molar-refractivity contribution in [2.75, 3.05) is 6.54 Å². The lowest BCUT2D eigenvalue weighted by Gasteiger charge is -2.16. The Balaban J connectivity index is 2.36. The number of rotatable bonds is 4. The first-order chi connectivity index (χ1) is 6.51. The minimum absolute atomic E-state index is 0.310. The molecule has 0 amide bonds. The summed E-state index contributed by atoms with van der Waals surface area (Å²) in [6, 6.07) is 5.28.